The van der Waals surface area contributed by atoms with Crippen molar-refractivity contribution in [1.82, 2.24) is 4.98 Å². The Morgan fingerprint density at radius 3 is 3.27 bits per heavy atom. The normalized spacial score (nSPS) is 14.5. The molecule has 0 unspecified atom stereocenters. The number of nitrogen functional groups attached to an aromatic ring is 1. The predicted molar refractivity (Wildman–Crippen MR) is 45.5 cm³/mol. The molecular formula is C7H10N4. The maximum atomic E-state index is 5.53. The molecule has 1 aromatic heterocycles. The van der Waals surface area contributed by atoms with Crippen LogP contribution in [0.3, 0.4) is 0 Å². The molecule has 0 atom stereocenters. The molecule has 0 radical (unpaired) electrons. The van der Waals surface area contributed by atoms with Gasteiger partial charge in [-0.2, -0.15) is 0 Å². The van der Waals surface area contributed by atoms with Crippen molar-refractivity contribution < 1.29 is 0 Å². The number of pyridine rings is 1. The summed E-state index contributed by atoms with van der Waals surface area (Å²) in [7, 11) is 1.98. The van der Waals surface area contributed by atoms with Crippen LogP contribution in [0.25, 0.3) is 0 Å². The second-order valence-electron chi connectivity index (χ2n) is 2.64. The summed E-state index contributed by atoms with van der Waals surface area (Å²) < 4.78 is 0. The van der Waals surface area contributed by atoms with Crippen LogP contribution >= 0.6 is 0 Å². The monoisotopic (exact) mass is 150 g/mol. The molecule has 1 aliphatic heterocycles. The van der Waals surface area contributed by atoms with Crippen molar-refractivity contribution in [3.05, 3.63) is 12.1 Å². The fourth-order valence-corrected chi connectivity index (χ4v) is 1.17. The van der Waals surface area contributed by atoms with Crippen molar-refractivity contribution in [2.45, 2.75) is 0 Å². The van der Waals surface area contributed by atoms with E-state index in [0.717, 1.165) is 18.2 Å². The molecule has 11 heavy (non-hydrogen) atoms. The molecule has 0 fully saturated rings. The fourth-order valence-electron chi connectivity index (χ4n) is 1.17. The van der Waals surface area contributed by atoms with Gasteiger partial charge in [-0.1, -0.05) is 0 Å². The number of anilines is 3. The zero-order chi connectivity index (χ0) is 7.84. The number of nitrogens with two attached hydrogens (primary N) is 1. The SMILES string of the molecule is CN1CNc2ccc(N)nc21. The molecule has 3 N–H and O–H groups in total. The molecule has 2 rings (SSSR count). The third-order valence-corrected chi connectivity index (χ3v) is 1.76. The van der Waals surface area contributed by atoms with E-state index in [2.05, 4.69) is 10.3 Å². The van der Waals surface area contributed by atoms with Crippen molar-refractivity contribution in [3.63, 3.8) is 0 Å². The summed E-state index contributed by atoms with van der Waals surface area (Å²) in [6.45, 7) is 0.811. The average molecular weight is 150 g/mol. The largest absolute Gasteiger partial charge is 0.384 e. The van der Waals surface area contributed by atoms with Gasteiger partial charge < -0.3 is 16.0 Å². The van der Waals surface area contributed by atoms with Gasteiger partial charge in [0.15, 0.2) is 5.82 Å². The van der Waals surface area contributed by atoms with Gasteiger partial charge in [-0.15, -0.1) is 0 Å². The molecule has 4 nitrogen and oxygen atoms in total. The minimum atomic E-state index is 0.569. The van der Waals surface area contributed by atoms with E-state index in [9.17, 15) is 0 Å². The van der Waals surface area contributed by atoms with Gasteiger partial charge in [-0.3, -0.25) is 0 Å². The van der Waals surface area contributed by atoms with E-state index in [1.54, 1.807) is 6.07 Å². The molecule has 4 heteroatoms. The summed E-state index contributed by atoms with van der Waals surface area (Å²) >= 11 is 0. The number of aromatic nitrogens is 1. The Hall–Kier alpha value is -1.45. The lowest BCUT2D eigenvalue weighted by molar-refractivity contribution is 1.01. The van der Waals surface area contributed by atoms with Crippen molar-refractivity contribution in [2.24, 2.45) is 0 Å². The fraction of sp³-hybridized carbons (Fsp3) is 0.286. The molecule has 0 saturated heterocycles. The number of hydrogen-bond acceptors (Lipinski definition) is 4. The summed E-state index contributed by atoms with van der Waals surface area (Å²) in [5, 5.41) is 3.18. The minimum absolute atomic E-state index is 0.569. The highest BCUT2D eigenvalue weighted by molar-refractivity contribution is 5.71. The Morgan fingerprint density at radius 1 is 1.64 bits per heavy atom. The number of hydrogen-bond donors (Lipinski definition) is 2. The number of nitrogens with zero attached hydrogens (tertiary/aromatic N) is 2. The van der Waals surface area contributed by atoms with E-state index in [0.29, 0.717) is 5.82 Å². The molecule has 0 saturated carbocycles. The van der Waals surface area contributed by atoms with Gasteiger partial charge in [0, 0.05) is 7.05 Å². The van der Waals surface area contributed by atoms with Gasteiger partial charge in [-0.25, -0.2) is 4.98 Å². The smallest absolute Gasteiger partial charge is 0.155 e. The molecule has 0 amide bonds. The lowest BCUT2D eigenvalue weighted by Gasteiger charge is -2.07. The summed E-state index contributed by atoms with van der Waals surface area (Å²) in [4.78, 5) is 6.20. The van der Waals surface area contributed by atoms with E-state index < -0.39 is 0 Å². The van der Waals surface area contributed by atoms with E-state index >= 15 is 0 Å². The predicted octanol–water partition coefficient (Wildman–Crippen LogP) is 0.483. The topological polar surface area (TPSA) is 54.2 Å². The molecule has 1 aliphatic rings. The Balaban J connectivity index is 2.52. The van der Waals surface area contributed by atoms with Crippen molar-refractivity contribution in [2.75, 3.05) is 29.7 Å². The highest BCUT2D eigenvalue weighted by Gasteiger charge is 2.15. The van der Waals surface area contributed by atoms with Gasteiger partial charge in [-0.05, 0) is 12.1 Å². The molecule has 0 aliphatic carbocycles. The highest BCUT2D eigenvalue weighted by Crippen LogP contribution is 2.27. The standard InChI is InChI=1S/C7H10N4/c1-11-4-9-5-2-3-6(8)10-7(5)11/h2-3,9H,4H2,1H3,(H2,8,10). The Bertz CT molecular complexity index is 284. The van der Waals surface area contributed by atoms with Crippen LogP contribution in [0.1, 0.15) is 0 Å². The van der Waals surface area contributed by atoms with Crippen molar-refractivity contribution in [3.8, 4) is 0 Å². The molecular weight excluding hydrogens is 140 g/mol. The first kappa shape index (κ1) is 6.27. The summed E-state index contributed by atoms with van der Waals surface area (Å²) in [6.07, 6.45) is 0. The molecule has 0 spiro atoms. The average Bonchev–Trinajstić information content (AvgIpc) is 2.33. The first-order valence-corrected chi connectivity index (χ1v) is 3.49. The zero-order valence-corrected chi connectivity index (χ0v) is 6.33. The van der Waals surface area contributed by atoms with E-state index in [1.165, 1.54) is 0 Å². The number of fused-ring (bicyclic) bond motifs is 1. The van der Waals surface area contributed by atoms with Crippen LogP contribution < -0.4 is 16.0 Å². The second-order valence-corrected chi connectivity index (χ2v) is 2.64. The maximum absolute atomic E-state index is 5.53. The maximum Gasteiger partial charge on any atom is 0.155 e. The zero-order valence-electron chi connectivity index (χ0n) is 6.33. The van der Waals surface area contributed by atoms with Crippen LogP contribution in [0.2, 0.25) is 0 Å². The van der Waals surface area contributed by atoms with E-state index in [1.807, 2.05) is 18.0 Å². The lowest BCUT2D eigenvalue weighted by atomic mass is 10.4. The lowest BCUT2D eigenvalue weighted by Crippen LogP contribution is -2.16. The third-order valence-electron chi connectivity index (χ3n) is 1.76. The summed E-state index contributed by atoms with van der Waals surface area (Å²) in [5.74, 6) is 1.50. The Labute approximate surface area is 65.0 Å². The molecule has 58 valence electrons. The molecule has 0 bridgehead atoms. The van der Waals surface area contributed by atoms with Crippen LogP contribution in [0, 0.1) is 0 Å². The Kier molecular flexibility index (Phi) is 1.15. The van der Waals surface area contributed by atoms with Gasteiger partial charge >= 0.3 is 0 Å². The van der Waals surface area contributed by atoms with Crippen LogP contribution in [-0.2, 0) is 0 Å². The van der Waals surface area contributed by atoms with Crippen LogP contribution in [0.4, 0.5) is 17.3 Å². The van der Waals surface area contributed by atoms with Crippen molar-refractivity contribution in [1.29, 1.82) is 0 Å². The van der Waals surface area contributed by atoms with Crippen LogP contribution in [-0.4, -0.2) is 18.7 Å². The number of rotatable bonds is 0. The molecule has 2 heterocycles. The second kappa shape index (κ2) is 2.02. The minimum Gasteiger partial charge on any atom is -0.384 e. The van der Waals surface area contributed by atoms with Crippen LogP contribution in [0.5, 0.6) is 0 Å². The summed E-state index contributed by atoms with van der Waals surface area (Å²) in [6, 6.07) is 3.74. The number of nitrogens with one attached hydrogen (secondary N) is 1. The van der Waals surface area contributed by atoms with Crippen LogP contribution in [0.15, 0.2) is 12.1 Å². The quantitative estimate of drug-likeness (QED) is 0.565. The summed E-state index contributed by atoms with van der Waals surface area (Å²) in [5.41, 5.74) is 6.58. The van der Waals surface area contributed by atoms with Gasteiger partial charge in [0.25, 0.3) is 0 Å². The first-order chi connectivity index (χ1) is 5.27. The molecule has 0 aromatic carbocycles. The van der Waals surface area contributed by atoms with Gasteiger partial charge in [0.2, 0.25) is 0 Å². The van der Waals surface area contributed by atoms with Crippen molar-refractivity contribution >= 4 is 17.3 Å². The Morgan fingerprint density at radius 2 is 2.45 bits per heavy atom. The third kappa shape index (κ3) is 0.869. The first-order valence-electron chi connectivity index (χ1n) is 3.49. The van der Waals surface area contributed by atoms with E-state index in [-0.39, 0.29) is 0 Å². The van der Waals surface area contributed by atoms with Gasteiger partial charge in [0.05, 0.1) is 12.4 Å². The molecule has 1 aromatic rings. The van der Waals surface area contributed by atoms with Gasteiger partial charge in [0.1, 0.15) is 5.82 Å². The highest BCUT2D eigenvalue weighted by atomic mass is 15.3. The van der Waals surface area contributed by atoms with E-state index in [4.69, 9.17) is 5.73 Å².